The number of nitrogens with one attached hydrogen (secondary N) is 1. The Kier molecular flexibility index (Phi) is 4.39. The van der Waals surface area contributed by atoms with Crippen LogP contribution in [0.25, 0.3) is 0 Å². The highest BCUT2D eigenvalue weighted by molar-refractivity contribution is 6.31. The molecule has 4 heteroatoms. The lowest BCUT2D eigenvalue weighted by molar-refractivity contribution is 0.264. The quantitative estimate of drug-likeness (QED) is 0.775. The van der Waals surface area contributed by atoms with Gasteiger partial charge in [0.1, 0.15) is 5.75 Å². The van der Waals surface area contributed by atoms with E-state index in [0.717, 1.165) is 5.56 Å². The van der Waals surface area contributed by atoms with E-state index in [4.69, 9.17) is 11.6 Å². The van der Waals surface area contributed by atoms with E-state index in [-0.39, 0.29) is 11.9 Å². The highest BCUT2D eigenvalue weighted by Gasteiger charge is 2.06. The average molecular weight is 229 g/mol. The number of phenolic OH excluding ortho intramolecular Hbond substituents is 1. The molecule has 3 nitrogen and oxygen atoms in total. The molecule has 1 aromatic rings. The van der Waals surface area contributed by atoms with Crippen molar-refractivity contribution < 1.29 is 5.11 Å². The van der Waals surface area contributed by atoms with E-state index in [1.54, 1.807) is 18.2 Å². The Morgan fingerprint density at radius 1 is 1.47 bits per heavy atom. The second-order valence-electron chi connectivity index (χ2n) is 3.80. The maximum Gasteiger partial charge on any atom is 0.116 e. The van der Waals surface area contributed by atoms with Gasteiger partial charge >= 0.3 is 0 Å². The first-order valence-corrected chi connectivity index (χ1v) is 5.25. The molecule has 0 saturated carbocycles. The highest BCUT2D eigenvalue weighted by Crippen LogP contribution is 2.20. The largest absolute Gasteiger partial charge is 0.508 e. The molecule has 0 radical (unpaired) electrons. The second kappa shape index (κ2) is 5.35. The Labute approximate surface area is 95.7 Å². The van der Waals surface area contributed by atoms with Gasteiger partial charge in [-0.15, -0.1) is 0 Å². The molecule has 15 heavy (non-hydrogen) atoms. The van der Waals surface area contributed by atoms with Crippen LogP contribution in [0.5, 0.6) is 5.75 Å². The van der Waals surface area contributed by atoms with E-state index < -0.39 is 0 Å². The first-order chi connectivity index (χ1) is 7.00. The minimum Gasteiger partial charge on any atom is -0.508 e. The van der Waals surface area contributed by atoms with Crippen molar-refractivity contribution in [2.45, 2.75) is 19.6 Å². The van der Waals surface area contributed by atoms with E-state index in [1.807, 2.05) is 14.1 Å². The summed E-state index contributed by atoms with van der Waals surface area (Å²) in [6.07, 6.45) is 0.267. The molecule has 0 fully saturated rings. The standard InChI is InChI=1S/C11H17ClN2O/c1-8(14(2)3)13-7-9-6-10(15)4-5-11(9)12/h4-6,8,13,15H,7H2,1-3H3. The summed E-state index contributed by atoms with van der Waals surface area (Å²) < 4.78 is 0. The van der Waals surface area contributed by atoms with Gasteiger partial charge in [-0.25, -0.2) is 0 Å². The maximum atomic E-state index is 9.32. The molecule has 0 aliphatic carbocycles. The van der Waals surface area contributed by atoms with Crippen LogP contribution in [0, 0.1) is 0 Å². The van der Waals surface area contributed by atoms with Crippen molar-refractivity contribution in [2.24, 2.45) is 0 Å². The molecule has 1 unspecified atom stereocenters. The lowest BCUT2D eigenvalue weighted by atomic mass is 10.2. The Balaban J connectivity index is 2.61. The third kappa shape index (κ3) is 3.70. The normalized spacial score (nSPS) is 13.1. The number of rotatable bonds is 4. The molecular weight excluding hydrogens is 212 g/mol. The molecule has 1 aromatic carbocycles. The zero-order chi connectivity index (χ0) is 11.4. The number of hydrogen-bond acceptors (Lipinski definition) is 3. The summed E-state index contributed by atoms with van der Waals surface area (Å²) >= 11 is 5.99. The first-order valence-electron chi connectivity index (χ1n) is 4.88. The van der Waals surface area contributed by atoms with Crippen LogP contribution < -0.4 is 5.32 Å². The van der Waals surface area contributed by atoms with Crippen molar-refractivity contribution in [3.63, 3.8) is 0 Å². The summed E-state index contributed by atoms with van der Waals surface area (Å²) in [6, 6.07) is 4.97. The lowest BCUT2D eigenvalue weighted by Gasteiger charge is -2.21. The number of benzene rings is 1. The van der Waals surface area contributed by atoms with Crippen LogP contribution in [0.4, 0.5) is 0 Å². The summed E-state index contributed by atoms with van der Waals surface area (Å²) in [5.41, 5.74) is 0.908. The SMILES string of the molecule is CC(NCc1cc(O)ccc1Cl)N(C)C. The van der Waals surface area contributed by atoms with Crippen molar-refractivity contribution in [3.8, 4) is 5.75 Å². The highest BCUT2D eigenvalue weighted by atomic mass is 35.5. The molecule has 0 aliphatic rings. The number of nitrogens with zero attached hydrogens (tertiary/aromatic N) is 1. The molecule has 1 atom stereocenters. The molecule has 0 bridgehead atoms. The third-order valence-corrected chi connectivity index (χ3v) is 2.76. The van der Waals surface area contributed by atoms with Gasteiger partial charge in [-0.2, -0.15) is 0 Å². The molecule has 0 aromatic heterocycles. The van der Waals surface area contributed by atoms with E-state index in [1.165, 1.54) is 0 Å². The van der Waals surface area contributed by atoms with E-state index in [2.05, 4.69) is 17.1 Å². The summed E-state index contributed by atoms with van der Waals surface area (Å²) in [5, 5.41) is 13.3. The topological polar surface area (TPSA) is 35.5 Å². The lowest BCUT2D eigenvalue weighted by Crippen LogP contribution is -2.38. The van der Waals surface area contributed by atoms with Gasteiger partial charge in [0.2, 0.25) is 0 Å². The van der Waals surface area contributed by atoms with Crippen molar-refractivity contribution in [2.75, 3.05) is 14.1 Å². The van der Waals surface area contributed by atoms with Crippen LogP contribution in [0.1, 0.15) is 12.5 Å². The van der Waals surface area contributed by atoms with Crippen LogP contribution in [-0.2, 0) is 6.54 Å². The smallest absolute Gasteiger partial charge is 0.116 e. The third-order valence-electron chi connectivity index (χ3n) is 2.39. The molecule has 1 rings (SSSR count). The molecule has 0 saturated heterocycles. The maximum absolute atomic E-state index is 9.32. The van der Waals surface area contributed by atoms with Gasteiger partial charge < -0.3 is 5.11 Å². The average Bonchev–Trinajstić information content (AvgIpc) is 2.18. The summed E-state index contributed by atoms with van der Waals surface area (Å²) in [6.45, 7) is 2.71. The second-order valence-corrected chi connectivity index (χ2v) is 4.20. The van der Waals surface area contributed by atoms with Crippen LogP contribution >= 0.6 is 11.6 Å². The first kappa shape index (κ1) is 12.3. The van der Waals surface area contributed by atoms with Crippen molar-refractivity contribution in [1.29, 1.82) is 0 Å². The summed E-state index contributed by atoms with van der Waals surface area (Å²) in [7, 11) is 4.00. The Morgan fingerprint density at radius 3 is 2.73 bits per heavy atom. The zero-order valence-electron chi connectivity index (χ0n) is 9.29. The van der Waals surface area contributed by atoms with Crippen molar-refractivity contribution in [3.05, 3.63) is 28.8 Å². The van der Waals surface area contributed by atoms with Gasteiger partial charge in [0.15, 0.2) is 0 Å². The molecule has 0 aliphatic heterocycles. The van der Waals surface area contributed by atoms with Crippen LogP contribution in [-0.4, -0.2) is 30.3 Å². The van der Waals surface area contributed by atoms with Gasteiger partial charge in [-0.3, -0.25) is 10.2 Å². The molecule has 0 spiro atoms. The number of phenols is 1. The van der Waals surface area contributed by atoms with Gasteiger partial charge in [-0.05, 0) is 44.8 Å². The Hall–Kier alpha value is -0.770. The number of halogens is 1. The Morgan fingerprint density at radius 2 is 2.13 bits per heavy atom. The van der Waals surface area contributed by atoms with Gasteiger partial charge in [0.25, 0.3) is 0 Å². The fraction of sp³-hybridized carbons (Fsp3) is 0.455. The monoisotopic (exact) mass is 228 g/mol. The predicted molar refractivity (Wildman–Crippen MR) is 63.1 cm³/mol. The van der Waals surface area contributed by atoms with Gasteiger partial charge in [0.05, 0.1) is 6.17 Å². The summed E-state index contributed by atoms with van der Waals surface area (Å²) in [5.74, 6) is 0.244. The number of aromatic hydroxyl groups is 1. The fourth-order valence-electron chi connectivity index (χ4n) is 1.14. The van der Waals surface area contributed by atoms with Gasteiger partial charge in [-0.1, -0.05) is 11.6 Å². The molecular formula is C11H17ClN2O. The molecule has 0 amide bonds. The van der Waals surface area contributed by atoms with E-state index in [0.29, 0.717) is 11.6 Å². The van der Waals surface area contributed by atoms with Crippen molar-refractivity contribution >= 4 is 11.6 Å². The fourth-order valence-corrected chi connectivity index (χ4v) is 1.32. The Bertz CT molecular complexity index is 328. The molecule has 2 N–H and O–H groups in total. The molecule has 84 valence electrons. The van der Waals surface area contributed by atoms with Crippen LogP contribution in [0.15, 0.2) is 18.2 Å². The zero-order valence-corrected chi connectivity index (χ0v) is 10.0. The summed E-state index contributed by atoms with van der Waals surface area (Å²) in [4.78, 5) is 2.07. The molecule has 0 heterocycles. The van der Waals surface area contributed by atoms with Gasteiger partial charge in [0, 0.05) is 11.6 Å². The number of hydrogen-bond donors (Lipinski definition) is 2. The van der Waals surface area contributed by atoms with E-state index in [9.17, 15) is 5.11 Å². The van der Waals surface area contributed by atoms with Crippen molar-refractivity contribution in [1.82, 2.24) is 10.2 Å². The minimum absolute atomic E-state index is 0.244. The van der Waals surface area contributed by atoms with Crippen LogP contribution in [0.3, 0.4) is 0 Å². The minimum atomic E-state index is 0.244. The van der Waals surface area contributed by atoms with E-state index >= 15 is 0 Å². The van der Waals surface area contributed by atoms with Crippen LogP contribution in [0.2, 0.25) is 5.02 Å². The predicted octanol–water partition coefficient (Wildman–Crippen LogP) is 2.04.